The molecule has 0 aliphatic rings. The minimum atomic E-state index is -0.986. The number of anilines is 1. The number of aromatic nitrogens is 2. The summed E-state index contributed by atoms with van der Waals surface area (Å²) in [4.78, 5) is 29.6. The van der Waals surface area contributed by atoms with Crippen LogP contribution in [0.4, 0.5) is 5.82 Å². The van der Waals surface area contributed by atoms with Gasteiger partial charge in [-0.1, -0.05) is 12.7 Å². The van der Waals surface area contributed by atoms with Crippen LogP contribution in [0.3, 0.4) is 0 Å². The average Bonchev–Trinajstić information content (AvgIpc) is 2.27. The van der Waals surface area contributed by atoms with E-state index in [0.717, 1.165) is 0 Å². The summed E-state index contributed by atoms with van der Waals surface area (Å²) in [6.07, 6.45) is 5.53. The third kappa shape index (κ3) is 3.55. The number of nitrogens with zero attached hydrogens (tertiary/aromatic N) is 2. The molecule has 1 aromatic rings. The van der Waals surface area contributed by atoms with E-state index in [-0.39, 0.29) is 12.4 Å². The van der Waals surface area contributed by atoms with Gasteiger partial charge in [-0.05, 0) is 0 Å². The zero-order chi connectivity index (χ0) is 11.1. The summed E-state index contributed by atoms with van der Waals surface area (Å²) in [6.45, 7) is 3.34. The van der Waals surface area contributed by atoms with Gasteiger partial charge in [0.05, 0.1) is 6.20 Å². The fourth-order valence-corrected chi connectivity index (χ4v) is 0.731. The van der Waals surface area contributed by atoms with E-state index in [1.165, 1.54) is 24.7 Å². The van der Waals surface area contributed by atoms with Gasteiger partial charge in [-0.2, -0.15) is 0 Å². The molecule has 0 fully saturated rings. The highest BCUT2D eigenvalue weighted by Crippen LogP contribution is 1.97. The number of hydrogen-bond acceptors (Lipinski definition) is 5. The molecule has 6 nitrogen and oxygen atoms in total. The van der Waals surface area contributed by atoms with Gasteiger partial charge in [-0.25, -0.2) is 9.78 Å². The predicted molar refractivity (Wildman–Crippen MR) is 51.8 cm³/mol. The lowest BCUT2D eigenvalue weighted by atomic mass is 10.5. The molecule has 6 heteroatoms. The van der Waals surface area contributed by atoms with E-state index in [1.807, 2.05) is 0 Å². The van der Waals surface area contributed by atoms with Gasteiger partial charge in [-0.15, -0.1) is 0 Å². The van der Waals surface area contributed by atoms with E-state index in [0.29, 0.717) is 0 Å². The van der Waals surface area contributed by atoms with Crippen LogP contribution in [0.1, 0.15) is 0 Å². The maximum absolute atomic E-state index is 11.1. The molecule has 1 amide bonds. The molecule has 0 unspecified atom stereocenters. The molecule has 1 rings (SSSR count). The molecule has 0 saturated carbocycles. The molecule has 0 aliphatic carbocycles. The van der Waals surface area contributed by atoms with E-state index in [4.69, 9.17) is 0 Å². The van der Waals surface area contributed by atoms with Crippen molar-refractivity contribution in [3.63, 3.8) is 0 Å². The molecule has 15 heavy (non-hydrogen) atoms. The standard InChI is InChI=1S/C9H9N3O3/c1-2-5-15-9(14)8(13)12-7-6-10-3-4-11-7/h2-4,6H,1,5H2,(H,11,12,13). The van der Waals surface area contributed by atoms with Crippen LogP contribution in [-0.2, 0) is 14.3 Å². The number of ether oxygens (including phenoxy) is 1. The van der Waals surface area contributed by atoms with Crippen molar-refractivity contribution in [3.8, 4) is 0 Å². The predicted octanol–water partition coefficient (Wildman–Crippen LogP) is 0.144. The van der Waals surface area contributed by atoms with Gasteiger partial charge in [0.15, 0.2) is 5.82 Å². The molecule has 1 N–H and O–H groups in total. The molecule has 0 radical (unpaired) electrons. The van der Waals surface area contributed by atoms with Gasteiger partial charge in [0.2, 0.25) is 0 Å². The van der Waals surface area contributed by atoms with Crippen LogP contribution in [0.2, 0.25) is 0 Å². The summed E-state index contributed by atoms with van der Waals surface area (Å²) in [7, 11) is 0. The highest BCUT2D eigenvalue weighted by Gasteiger charge is 2.15. The highest BCUT2D eigenvalue weighted by atomic mass is 16.5. The van der Waals surface area contributed by atoms with Crippen LogP contribution in [0.25, 0.3) is 0 Å². The minimum absolute atomic E-state index is 0.00722. The molecule has 0 spiro atoms. The lowest BCUT2D eigenvalue weighted by molar-refractivity contribution is -0.151. The normalized spacial score (nSPS) is 9.07. The first-order chi connectivity index (χ1) is 7.24. The first kappa shape index (κ1) is 10.8. The Balaban J connectivity index is 2.49. The largest absolute Gasteiger partial charge is 0.454 e. The Bertz CT molecular complexity index is 364. The summed E-state index contributed by atoms with van der Waals surface area (Å²) in [5.41, 5.74) is 0. The van der Waals surface area contributed by atoms with E-state index in [1.54, 1.807) is 0 Å². The number of amides is 1. The van der Waals surface area contributed by atoms with Crippen molar-refractivity contribution >= 4 is 17.7 Å². The SMILES string of the molecule is C=CCOC(=O)C(=O)Nc1cnccn1. The fraction of sp³-hybridized carbons (Fsp3) is 0.111. The zero-order valence-electron chi connectivity index (χ0n) is 7.84. The molecule has 0 bridgehead atoms. The van der Waals surface area contributed by atoms with Crippen molar-refractivity contribution in [1.29, 1.82) is 0 Å². The maximum atomic E-state index is 11.1. The van der Waals surface area contributed by atoms with Crippen LogP contribution < -0.4 is 5.32 Å². The smallest absolute Gasteiger partial charge is 0.397 e. The lowest BCUT2D eigenvalue weighted by Crippen LogP contribution is -2.25. The summed E-state index contributed by atoms with van der Waals surface area (Å²) in [6, 6.07) is 0. The molecule has 1 aromatic heterocycles. The monoisotopic (exact) mass is 207 g/mol. The quantitative estimate of drug-likeness (QED) is 0.433. The Morgan fingerprint density at radius 3 is 2.93 bits per heavy atom. The van der Waals surface area contributed by atoms with Crippen LogP contribution in [0.5, 0.6) is 0 Å². The summed E-state index contributed by atoms with van der Waals surface area (Å²) >= 11 is 0. The molecule has 1 heterocycles. The van der Waals surface area contributed by atoms with Gasteiger partial charge < -0.3 is 4.74 Å². The molecular weight excluding hydrogens is 198 g/mol. The van der Waals surface area contributed by atoms with Gasteiger partial charge in [0.25, 0.3) is 0 Å². The maximum Gasteiger partial charge on any atom is 0.397 e. The summed E-state index contributed by atoms with van der Waals surface area (Å²) in [5.74, 6) is -1.68. The van der Waals surface area contributed by atoms with Gasteiger partial charge >= 0.3 is 11.9 Å². The number of carbonyl (C=O) groups is 2. The first-order valence-corrected chi connectivity index (χ1v) is 4.09. The van der Waals surface area contributed by atoms with Gasteiger partial charge in [0.1, 0.15) is 6.61 Å². The van der Waals surface area contributed by atoms with Crippen LogP contribution in [-0.4, -0.2) is 28.5 Å². The molecule has 0 aromatic carbocycles. The van der Waals surface area contributed by atoms with Crippen molar-refractivity contribution in [2.24, 2.45) is 0 Å². The third-order valence-electron chi connectivity index (χ3n) is 1.32. The van der Waals surface area contributed by atoms with Crippen LogP contribution in [0.15, 0.2) is 31.2 Å². The van der Waals surface area contributed by atoms with E-state index in [9.17, 15) is 9.59 Å². The molecular formula is C9H9N3O3. The third-order valence-corrected chi connectivity index (χ3v) is 1.32. The Morgan fingerprint density at radius 2 is 2.33 bits per heavy atom. The van der Waals surface area contributed by atoms with Gasteiger partial charge in [0, 0.05) is 12.4 Å². The topological polar surface area (TPSA) is 81.2 Å². The van der Waals surface area contributed by atoms with E-state index >= 15 is 0 Å². The van der Waals surface area contributed by atoms with Crippen molar-refractivity contribution in [2.75, 3.05) is 11.9 Å². The van der Waals surface area contributed by atoms with Gasteiger partial charge in [-0.3, -0.25) is 15.1 Å². The second kappa shape index (κ2) is 5.48. The second-order valence-electron chi connectivity index (χ2n) is 2.43. The lowest BCUT2D eigenvalue weighted by Gasteiger charge is -2.02. The summed E-state index contributed by atoms with van der Waals surface area (Å²) < 4.78 is 4.51. The number of carbonyl (C=O) groups excluding carboxylic acids is 2. The number of nitrogens with one attached hydrogen (secondary N) is 1. The van der Waals surface area contributed by atoms with E-state index in [2.05, 4.69) is 26.6 Å². The summed E-state index contributed by atoms with van der Waals surface area (Å²) in [5, 5.41) is 2.23. The van der Waals surface area contributed by atoms with E-state index < -0.39 is 11.9 Å². The molecule has 0 aliphatic heterocycles. The van der Waals surface area contributed by atoms with Crippen molar-refractivity contribution < 1.29 is 14.3 Å². The zero-order valence-corrected chi connectivity index (χ0v) is 7.84. The van der Waals surface area contributed by atoms with Crippen molar-refractivity contribution in [3.05, 3.63) is 31.2 Å². The van der Waals surface area contributed by atoms with Crippen molar-refractivity contribution in [1.82, 2.24) is 9.97 Å². The number of esters is 1. The fourth-order valence-electron chi connectivity index (χ4n) is 0.731. The average molecular weight is 207 g/mol. The van der Waals surface area contributed by atoms with Crippen LogP contribution >= 0.6 is 0 Å². The van der Waals surface area contributed by atoms with Crippen molar-refractivity contribution in [2.45, 2.75) is 0 Å². The molecule has 0 saturated heterocycles. The van der Waals surface area contributed by atoms with Crippen LogP contribution in [0, 0.1) is 0 Å². The molecule has 78 valence electrons. The number of hydrogen-bond donors (Lipinski definition) is 1. The first-order valence-electron chi connectivity index (χ1n) is 4.09. The Hall–Kier alpha value is -2.24. The Kier molecular flexibility index (Phi) is 3.96. The minimum Gasteiger partial charge on any atom is -0.454 e. The highest BCUT2D eigenvalue weighted by molar-refractivity contribution is 6.37. The second-order valence-corrected chi connectivity index (χ2v) is 2.43. The Labute approximate surface area is 86.0 Å². The molecule has 0 atom stereocenters. The Morgan fingerprint density at radius 1 is 1.53 bits per heavy atom. The number of rotatable bonds is 3.